The number of para-hydroxylation sites is 1. The number of nitrogens with zero attached hydrogens (tertiary/aromatic N) is 1. The fourth-order valence-electron chi connectivity index (χ4n) is 1.73. The van der Waals surface area contributed by atoms with Crippen molar-refractivity contribution in [3.05, 3.63) is 29.8 Å². The van der Waals surface area contributed by atoms with Gasteiger partial charge >= 0.3 is 0 Å². The van der Waals surface area contributed by atoms with Gasteiger partial charge in [0.2, 0.25) is 0 Å². The lowest BCUT2D eigenvalue weighted by Gasteiger charge is -2.21. The van der Waals surface area contributed by atoms with Crippen LogP contribution in [0.1, 0.15) is 12.0 Å². The number of hydrogen-bond donors (Lipinski definition) is 0. The fraction of sp³-hybridized carbons (Fsp3) is 0.364. The van der Waals surface area contributed by atoms with Crippen LogP contribution in [0.25, 0.3) is 0 Å². The number of benzene rings is 1. The minimum Gasteiger partial charge on any atom is -0.325 e. The van der Waals surface area contributed by atoms with E-state index in [1.807, 2.05) is 0 Å². The highest BCUT2D eigenvalue weighted by atomic mass is 32.2. The first-order valence-corrected chi connectivity index (χ1v) is 6.13. The molecule has 1 aliphatic rings. The van der Waals surface area contributed by atoms with Gasteiger partial charge in [0.05, 0.1) is 0 Å². The van der Waals surface area contributed by atoms with Crippen LogP contribution in [-0.4, -0.2) is 18.7 Å². The molecule has 2 rings (SSSR count). The van der Waals surface area contributed by atoms with Crippen LogP contribution in [0.15, 0.2) is 24.3 Å². The molecule has 0 spiro atoms. The zero-order valence-corrected chi connectivity index (χ0v) is 8.81. The van der Waals surface area contributed by atoms with Crippen LogP contribution in [0.5, 0.6) is 0 Å². The van der Waals surface area contributed by atoms with Gasteiger partial charge in [-0.1, -0.05) is 24.1 Å². The van der Waals surface area contributed by atoms with E-state index < -0.39 is 0 Å². The first kappa shape index (κ1) is 8.82. The standard InChI is InChI=1S/C11H15NS/c1-12-11-8-4-3-6-10(11)7-5-9-13(12)2/h3-4,6,8H,2,5,7,9H2,1H3. The third-order valence-electron chi connectivity index (χ3n) is 2.54. The zero-order valence-electron chi connectivity index (χ0n) is 7.99. The largest absolute Gasteiger partial charge is 0.325 e. The van der Waals surface area contributed by atoms with Gasteiger partial charge in [0, 0.05) is 18.5 Å². The van der Waals surface area contributed by atoms with Crippen molar-refractivity contribution in [3.63, 3.8) is 0 Å². The Balaban J connectivity index is 2.46. The summed E-state index contributed by atoms with van der Waals surface area (Å²) in [7, 11) is 2.32. The zero-order chi connectivity index (χ0) is 9.26. The summed E-state index contributed by atoms with van der Waals surface area (Å²) in [6.07, 6.45) is 2.48. The maximum atomic E-state index is 4.19. The van der Waals surface area contributed by atoms with Crippen molar-refractivity contribution in [2.75, 3.05) is 17.1 Å². The minimum atomic E-state index is 0.170. The maximum absolute atomic E-state index is 4.19. The van der Waals surface area contributed by atoms with Crippen LogP contribution >= 0.6 is 10.7 Å². The van der Waals surface area contributed by atoms with E-state index in [-0.39, 0.29) is 10.7 Å². The second kappa shape index (κ2) is 3.54. The van der Waals surface area contributed by atoms with Crippen LogP contribution in [0.3, 0.4) is 0 Å². The molecule has 1 atom stereocenters. The number of aryl methyl sites for hydroxylation is 1. The Hall–Kier alpha value is -0.760. The molecule has 0 saturated heterocycles. The molecule has 0 radical (unpaired) electrons. The Morgan fingerprint density at radius 3 is 3.00 bits per heavy atom. The normalized spacial score (nSPS) is 22.2. The Kier molecular flexibility index (Phi) is 2.40. The molecular formula is C11H15NS. The summed E-state index contributed by atoms with van der Waals surface area (Å²) in [6.45, 7) is 0. The van der Waals surface area contributed by atoms with Crippen molar-refractivity contribution < 1.29 is 0 Å². The summed E-state index contributed by atoms with van der Waals surface area (Å²) in [5.74, 6) is 5.42. The van der Waals surface area contributed by atoms with E-state index in [1.165, 1.54) is 29.8 Å². The molecule has 1 heterocycles. The fourth-order valence-corrected chi connectivity index (χ4v) is 2.94. The Morgan fingerprint density at radius 1 is 1.38 bits per heavy atom. The van der Waals surface area contributed by atoms with Crippen LogP contribution in [-0.2, 0) is 6.42 Å². The molecule has 0 saturated carbocycles. The van der Waals surface area contributed by atoms with Gasteiger partial charge in [-0.3, -0.25) is 0 Å². The van der Waals surface area contributed by atoms with Crippen molar-refractivity contribution in [3.8, 4) is 0 Å². The molecule has 0 aromatic heterocycles. The molecule has 0 amide bonds. The lowest BCUT2D eigenvalue weighted by molar-refractivity contribution is 0.942. The van der Waals surface area contributed by atoms with Crippen LogP contribution < -0.4 is 4.31 Å². The van der Waals surface area contributed by atoms with E-state index in [1.54, 1.807) is 0 Å². The second-order valence-electron chi connectivity index (χ2n) is 3.40. The highest BCUT2D eigenvalue weighted by molar-refractivity contribution is 8.15. The summed E-state index contributed by atoms with van der Waals surface area (Å²) in [5.41, 5.74) is 2.85. The average molecular weight is 193 g/mol. The summed E-state index contributed by atoms with van der Waals surface area (Å²) in [6, 6.07) is 8.66. The molecule has 0 fully saturated rings. The van der Waals surface area contributed by atoms with E-state index in [0.29, 0.717) is 0 Å². The number of anilines is 1. The molecule has 13 heavy (non-hydrogen) atoms. The number of rotatable bonds is 0. The molecule has 0 bridgehead atoms. The summed E-state index contributed by atoms with van der Waals surface area (Å²) in [5, 5.41) is 0. The predicted octanol–water partition coefficient (Wildman–Crippen LogP) is 2.68. The van der Waals surface area contributed by atoms with E-state index in [4.69, 9.17) is 0 Å². The Bertz CT molecular complexity index is 333. The molecule has 1 unspecified atom stereocenters. The molecular weight excluding hydrogens is 178 g/mol. The first-order valence-electron chi connectivity index (χ1n) is 4.61. The molecule has 1 aromatic rings. The van der Waals surface area contributed by atoms with E-state index >= 15 is 0 Å². The maximum Gasteiger partial charge on any atom is 0.0493 e. The third-order valence-corrected chi connectivity index (χ3v) is 4.28. The van der Waals surface area contributed by atoms with Gasteiger partial charge in [-0.25, -0.2) is 0 Å². The van der Waals surface area contributed by atoms with Crippen molar-refractivity contribution in [1.29, 1.82) is 0 Å². The van der Waals surface area contributed by atoms with E-state index in [9.17, 15) is 0 Å². The van der Waals surface area contributed by atoms with Gasteiger partial charge in [0.1, 0.15) is 0 Å². The first-order chi connectivity index (χ1) is 6.29. The van der Waals surface area contributed by atoms with Gasteiger partial charge in [0.25, 0.3) is 0 Å². The van der Waals surface area contributed by atoms with Gasteiger partial charge in [-0.15, -0.1) is 10.7 Å². The average Bonchev–Trinajstić information content (AvgIpc) is 2.29. The van der Waals surface area contributed by atoms with Crippen molar-refractivity contribution in [2.24, 2.45) is 0 Å². The van der Waals surface area contributed by atoms with Gasteiger partial charge in [-0.2, -0.15) is 0 Å². The summed E-state index contributed by atoms with van der Waals surface area (Å²) < 4.78 is 2.32. The monoisotopic (exact) mass is 193 g/mol. The summed E-state index contributed by atoms with van der Waals surface area (Å²) in [4.78, 5) is 0. The topological polar surface area (TPSA) is 3.24 Å². The Morgan fingerprint density at radius 2 is 2.15 bits per heavy atom. The molecule has 1 aliphatic heterocycles. The molecule has 0 aliphatic carbocycles. The van der Waals surface area contributed by atoms with Crippen molar-refractivity contribution in [2.45, 2.75) is 12.8 Å². The highest BCUT2D eigenvalue weighted by Gasteiger charge is 2.12. The molecule has 70 valence electrons. The van der Waals surface area contributed by atoms with E-state index in [0.717, 1.165) is 0 Å². The van der Waals surface area contributed by atoms with Crippen LogP contribution in [0, 0.1) is 0 Å². The lowest BCUT2D eigenvalue weighted by atomic mass is 10.1. The van der Waals surface area contributed by atoms with Crippen LogP contribution in [0.2, 0.25) is 0 Å². The third kappa shape index (κ3) is 1.63. The highest BCUT2D eigenvalue weighted by Crippen LogP contribution is 2.32. The Labute approximate surface area is 82.4 Å². The smallest absolute Gasteiger partial charge is 0.0493 e. The second-order valence-corrected chi connectivity index (χ2v) is 5.28. The minimum absolute atomic E-state index is 0.170. The number of fused-ring (bicyclic) bond motifs is 1. The molecule has 2 heteroatoms. The van der Waals surface area contributed by atoms with E-state index in [2.05, 4.69) is 41.5 Å². The van der Waals surface area contributed by atoms with Crippen molar-refractivity contribution in [1.82, 2.24) is 0 Å². The predicted molar refractivity (Wildman–Crippen MR) is 62.7 cm³/mol. The quantitative estimate of drug-likeness (QED) is 0.573. The molecule has 1 aromatic carbocycles. The van der Waals surface area contributed by atoms with Gasteiger partial charge < -0.3 is 4.31 Å². The lowest BCUT2D eigenvalue weighted by Crippen LogP contribution is -2.09. The van der Waals surface area contributed by atoms with Gasteiger partial charge in [-0.05, 0) is 24.5 Å². The summed E-state index contributed by atoms with van der Waals surface area (Å²) >= 11 is 0. The molecule has 1 nitrogen and oxygen atoms in total. The van der Waals surface area contributed by atoms with Gasteiger partial charge in [0.15, 0.2) is 0 Å². The molecule has 0 N–H and O–H groups in total. The van der Waals surface area contributed by atoms with Crippen molar-refractivity contribution >= 4 is 22.2 Å². The SMILES string of the molecule is C=S1CCCc2ccccc2N1C. The number of hydrogen-bond acceptors (Lipinski definition) is 1. The van der Waals surface area contributed by atoms with Crippen LogP contribution in [0.4, 0.5) is 5.69 Å².